The van der Waals surface area contributed by atoms with Gasteiger partial charge in [-0.05, 0) is 24.6 Å². The first-order chi connectivity index (χ1) is 10.0. The molecule has 0 saturated carbocycles. The van der Waals surface area contributed by atoms with E-state index < -0.39 is 17.9 Å². The Morgan fingerprint density at radius 3 is 3.00 bits per heavy atom. The van der Waals surface area contributed by atoms with Crippen LogP contribution >= 0.6 is 0 Å². The molecule has 1 aliphatic heterocycles. The number of carbonyl (C=O) groups excluding carboxylic acids is 1. The van der Waals surface area contributed by atoms with Crippen molar-refractivity contribution in [1.82, 2.24) is 4.90 Å². The van der Waals surface area contributed by atoms with Gasteiger partial charge >= 0.3 is 5.97 Å². The van der Waals surface area contributed by atoms with E-state index in [1.165, 1.54) is 19.2 Å². The van der Waals surface area contributed by atoms with Crippen molar-refractivity contribution >= 4 is 5.97 Å². The van der Waals surface area contributed by atoms with Crippen molar-refractivity contribution in [2.75, 3.05) is 20.2 Å². The van der Waals surface area contributed by atoms with Gasteiger partial charge in [-0.3, -0.25) is 4.90 Å². The Balaban J connectivity index is 2.08. The molecular formula is C15H17FN2O3. The highest BCUT2D eigenvalue weighted by molar-refractivity contribution is 5.75. The zero-order chi connectivity index (χ0) is 15.4. The molecule has 0 unspecified atom stereocenters. The maximum absolute atomic E-state index is 13.3. The van der Waals surface area contributed by atoms with E-state index in [1.807, 2.05) is 17.9 Å². The van der Waals surface area contributed by atoms with Gasteiger partial charge in [-0.2, -0.15) is 5.26 Å². The summed E-state index contributed by atoms with van der Waals surface area (Å²) in [6.07, 6.45) is -0.714. The molecule has 0 N–H and O–H groups in total. The number of hydrogen-bond acceptors (Lipinski definition) is 5. The van der Waals surface area contributed by atoms with Gasteiger partial charge in [0.2, 0.25) is 0 Å². The summed E-state index contributed by atoms with van der Waals surface area (Å²) in [6.45, 7) is 3.48. The van der Waals surface area contributed by atoms with Gasteiger partial charge in [-0.1, -0.05) is 6.07 Å². The quantitative estimate of drug-likeness (QED) is 0.789. The fraction of sp³-hybridized carbons (Fsp3) is 0.467. The highest BCUT2D eigenvalue weighted by Gasteiger charge is 2.31. The molecule has 1 aromatic rings. The van der Waals surface area contributed by atoms with Crippen LogP contribution in [0.2, 0.25) is 0 Å². The van der Waals surface area contributed by atoms with E-state index in [2.05, 4.69) is 0 Å². The van der Waals surface area contributed by atoms with Crippen LogP contribution in [0, 0.1) is 17.1 Å². The van der Waals surface area contributed by atoms with Crippen molar-refractivity contribution in [2.24, 2.45) is 0 Å². The lowest BCUT2D eigenvalue weighted by molar-refractivity contribution is -0.166. The minimum atomic E-state index is -0.616. The largest absolute Gasteiger partial charge is 0.467 e. The maximum atomic E-state index is 13.3. The van der Waals surface area contributed by atoms with Gasteiger partial charge in [-0.25, -0.2) is 9.18 Å². The number of rotatable bonds is 3. The summed E-state index contributed by atoms with van der Waals surface area (Å²) in [5, 5.41) is 8.85. The van der Waals surface area contributed by atoms with Gasteiger partial charge in [0.25, 0.3) is 0 Å². The second-order valence-electron chi connectivity index (χ2n) is 5.08. The molecule has 0 aromatic heterocycles. The molecule has 5 nitrogen and oxygen atoms in total. The highest BCUT2D eigenvalue weighted by Crippen LogP contribution is 2.17. The number of nitrogens with zero attached hydrogens (tertiary/aromatic N) is 2. The third kappa shape index (κ3) is 3.78. The molecular weight excluding hydrogens is 275 g/mol. The van der Waals surface area contributed by atoms with Crippen molar-refractivity contribution in [2.45, 2.75) is 25.7 Å². The normalized spacial score (nSPS) is 22.6. The van der Waals surface area contributed by atoms with Crippen molar-refractivity contribution in [3.63, 3.8) is 0 Å². The summed E-state index contributed by atoms with van der Waals surface area (Å²) in [5.74, 6) is -0.924. The molecule has 6 heteroatoms. The fourth-order valence-corrected chi connectivity index (χ4v) is 2.44. The summed E-state index contributed by atoms with van der Waals surface area (Å²) in [5.41, 5.74) is 0.851. The molecule has 1 heterocycles. The van der Waals surface area contributed by atoms with Crippen molar-refractivity contribution in [3.8, 4) is 6.07 Å². The molecule has 0 spiro atoms. The smallest absolute Gasteiger partial charge is 0.336 e. The molecule has 0 bridgehead atoms. The molecule has 112 valence electrons. The van der Waals surface area contributed by atoms with Crippen LogP contribution in [0.25, 0.3) is 0 Å². The Bertz CT molecular complexity index is 571. The topological polar surface area (TPSA) is 62.6 Å². The van der Waals surface area contributed by atoms with Crippen LogP contribution < -0.4 is 0 Å². The van der Waals surface area contributed by atoms with Crippen LogP contribution in [0.5, 0.6) is 0 Å². The van der Waals surface area contributed by atoms with Crippen LogP contribution in [-0.4, -0.2) is 43.3 Å². The number of carbonyl (C=O) groups is 1. The third-order valence-electron chi connectivity index (χ3n) is 3.36. The zero-order valence-electron chi connectivity index (χ0n) is 12.0. The summed E-state index contributed by atoms with van der Waals surface area (Å²) in [4.78, 5) is 13.6. The summed E-state index contributed by atoms with van der Waals surface area (Å²) in [7, 11) is 1.33. The van der Waals surface area contributed by atoms with E-state index in [0.29, 0.717) is 19.6 Å². The molecule has 0 amide bonds. The maximum Gasteiger partial charge on any atom is 0.336 e. The summed E-state index contributed by atoms with van der Waals surface area (Å²) < 4.78 is 23.6. The minimum Gasteiger partial charge on any atom is -0.467 e. The Hall–Kier alpha value is -1.97. The Morgan fingerprint density at radius 2 is 2.33 bits per heavy atom. The number of ether oxygens (including phenoxy) is 2. The molecule has 1 aliphatic rings. The first-order valence-corrected chi connectivity index (χ1v) is 6.67. The molecule has 2 rings (SSSR count). The van der Waals surface area contributed by atoms with Gasteiger partial charge < -0.3 is 9.47 Å². The van der Waals surface area contributed by atoms with Crippen molar-refractivity contribution in [3.05, 3.63) is 35.1 Å². The van der Waals surface area contributed by atoms with E-state index in [9.17, 15) is 9.18 Å². The number of methoxy groups -OCH3 is 1. The van der Waals surface area contributed by atoms with Crippen LogP contribution in [0.1, 0.15) is 18.1 Å². The number of morpholine rings is 1. The highest BCUT2D eigenvalue weighted by atomic mass is 19.1. The second-order valence-corrected chi connectivity index (χ2v) is 5.08. The molecule has 21 heavy (non-hydrogen) atoms. The fourth-order valence-electron chi connectivity index (χ4n) is 2.44. The van der Waals surface area contributed by atoms with Crippen LogP contribution in [0.4, 0.5) is 4.39 Å². The first kappa shape index (κ1) is 15.4. The van der Waals surface area contributed by atoms with Crippen LogP contribution in [0.15, 0.2) is 18.2 Å². The molecule has 0 radical (unpaired) electrons. The zero-order valence-corrected chi connectivity index (χ0v) is 12.0. The Labute approximate surface area is 122 Å². The predicted octanol–water partition coefficient (Wildman–Crippen LogP) is 1.46. The first-order valence-electron chi connectivity index (χ1n) is 6.67. The average molecular weight is 292 g/mol. The lowest BCUT2D eigenvalue weighted by Crippen LogP contribution is -2.49. The van der Waals surface area contributed by atoms with E-state index in [0.717, 1.165) is 5.56 Å². The van der Waals surface area contributed by atoms with Gasteiger partial charge in [0.1, 0.15) is 11.9 Å². The lowest BCUT2D eigenvalue weighted by Gasteiger charge is -2.35. The third-order valence-corrected chi connectivity index (χ3v) is 3.36. The van der Waals surface area contributed by atoms with Gasteiger partial charge in [0, 0.05) is 19.6 Å². The van der Waals surface area contributed by atoms with Gasteiger partial charge in [0.05, 0.1) is 18.8 Å². The second kappa shape index (κ2) is 6.66. The summed E-state index contributed by atoms with van der Waals surface area (Å²) >= 11 is 0. The Morgan fingerprint density at radius 1 is 1.57 bits per heavy atom. The van der Waals surface area contributed by atoms with Crippen LogP contribution in [0.3, 0.4) is 0 Å². The average Bonchev–Trinajstić information content (AvgIpc) is 2.47. The Kier molecular flexibility index (Phi) is 4.89. The monoisotopic (exact) mass is 292 g/mol. The number of hydrogen-bond donors (Lipinski definition) is 0. The predicted molar refractivity (Wildman–Crippen MR) is 72.7 cm³/mol. The standard InChI is InChI=1S/C15H17FN2O3/c1-10-7-18(9-14(21-10)15(19)20-2)8-11-3-4-13(16)12(5-11)6-17/h3-5,10,14H,7-9H2,1-2H3/t10-,14-/m1/s1. The van der Waals surface area contributed by atoms with Crippen LogP contribution in [-0.2, 0) is 20.8 Å². The number of nitriles is 1. The van der Waals surface area contributed by atoms with E-state index in [4.69, 9.17) is 14.7 Å². The van der Waals surface area contributed by atoms with Crippen molar-refractivity contribution < 1.29 is 18.7 Å². The molecule has 1 aromatic carbocycles. The van der Waals surface area contributed by atoms with Gasteiger partial charge in [0.15, 0.2) is 6.10 Å². The lowest BCUT2D eigenvalue weighted by atomic mass is 10.1. The van der Waals surface area contributed by atoms with E-state index in [-0.39, 0.29) is 11.7 Å². The molecule has 1 fully saturated rings. The van der Waals surface area contributed by atoms with Gasteiger partial charge in [-0.15, -0.1) is 0 Å². The summed E-state index contributed by atoms with van der Waals surface area (Å²) in [6, 6.07) is 6.29. The number of benzene rings is 1. The van der Waals surface area contributed by atoms with E-state index in [1.54, 1.807) is 6.07 Å². The molecule has 0 aliphatic carbocycles. The number of halogens is 1. The molecule has 1 saturated heterocycles. The SMILES string of the molecule is COC(=O)[C@H]1CN(Cc2ccc(F)c(C#N)c2)C[C@@H](C)O1. The van der Waals surface area contributed by atoms with E-state index >= 15 is 0 Å². The van der Waals surface area contributed by atoms with Crippen molar-refractivity contribution in [1.29, 1.82) is 5.26 Å². The number of esters is 1. The molecule has 2 atom stereocenters. The minimum absolute atomic E-state index is 0.0262.